The minimum atomic E-state index is -0.788. The van der Waals surface area contributed by atoms with Gasteiger partial charge in [0.2, 0.25) is 0 Å². The maximum Gasteiger partial charge on any atom is 0.159 e. The largest absolute Gasteiger partial charge is 0.327 e. The highest BCUT2D eigenvalue weighted by Crippen LogP contribution is 2.33. The lowest BCUT2D eigenvalue weighted by molar-refractivity contribution is 0.230. The van der Waals surface area contributed by atoms with E-state index in [1.807, 2.05) is 0 Å². The third-order valence-corrected chi connectivity index (χ3v) is 4.92. The summed E-state index contributed by atoms with van der Waals surface area (Å²) in [6.07, 6.45) is 9.50. The quantitative estimate of drug-likeness (QED) is 0.799. The number of benzene rings is 1. The van der Waals surface area contributed by atoms with Crippen LogP contribution in [0.2, 0.25) is 0 Å². The van der Waals surface area contributed by atoms with Gasteiger partial charge in [-0.15, -0.1) is 0 Å². The second-order valence-corrected chi connectivity index (χ2v) is 6.54. The lowest BCUT2D eigenvalue weighted by Gasteiger charge is -2.32. The fourth-order valence-electron chi connectivity index (χ4n) is 3.50. The molecule has 1 aliphatic rings. The standard InChI is InChI=1S/C18H27F2N/c1-2-3-4-13-5-8-15(9-6-13)18(21)12-14-7-10-16(19)17(20)11-14/h7,10-11,13,15,18H,2-6,8-9,12,21H2,1H3. The van der Waals surface area contributed by atoms with Crippen molar-refractivity contribution in [1.82, 2.24) is 0 Å². The van der Waals surface area contributed by atoms with E-state index in [0.29, 0.717) is 12.3 Å². The van der Waals surface area contributed by atoms with Crippen molar-refractivity contribution in [3.05, 3.63) is 35.4 Å². The van der Waals surface area contributed by atoms with Crippen LogP contribution in [-0.2, 0) is 6.42 Å². The average molecular weight is 295 g/mol. The van der Waals surface area contributed by atoms with Crippen LogP contribution < -0.4 is 5.73 Å². The third kappa shape index (κ3) is 4.77. The van der Waals surface area contributed by atoms with Crippen LogP contribution in [0.5, 0.6) is 0 Å². The minimum Gasteiger partial charge on any atom is -0.327 e. The Morgan fingerprint density at radius 3 is 2.48 bits per heavy atom. The molecule has 0 radical (unpaired) electrons. The summed E-state index contributed by atoms with van der Waals surface area (Å²) in [6.45, 7) is 2.24. The first-order valence-corrected chi connectivity index (χ1v) is 8.29. The van der Waals surface area contributed by atoms with E-state index in [9.17, 15) is 8.78 Å². The molecular formula is C18H27F2N. The van der Waals surface area contributed by atoms with Crippen LogP contribution in [0.3, 0.4) is 0 Å². The molecule has 21 heavy (non-hydrogen) atoms. The molecule has 0 bridgehead atoms. The lowest BCUT2D eigenvalue weighted by atomic mass is 9.76. The van der Waals surface area contributed by atoms with Crippen LogP contribution in [0.1, 0.15) is 57.4 Å². The molecule has 3 heteroatoms. The van der Waals surface area contributed by atoms with Crippen molar-refractivity contribution in [2.75, 3.05) is 0 Å². The van der Waals surface area contributed by atoms with Gasteiger partial charge in [0.15, 0.2) is 11.6 Å². The molecule has 0 amide bonds. The molecule has 1 aliphatic carbocycles. The zero-order valence-electron chi connectivity index (χ0n) is 13.0. The maximum absolute atomic E-state index is 13.2. The van der Waals surface area contributed by atoms with Gasteiger partial charge in [-0.25, -0.2) is 8.78 Å². The second-order valence-electron chi connectivity index (χ2n) is 6.54. The maximum atomic E-state index is 13.2. The van der Waals surface area contributed by atoms with Crippen LogP contribution in [0, 0.1) is 23.5 Å². The van der Waals surface area contributed by atoms with Crippen molar-refractivity contribution in [3.63, 3.8) is 0 Å². The first kappa shape index (κ1) is 16.4. The van der Waals surface area contributed by atoms with E-state index in [2.05, 4.69) is 6.92 Å². The molecule has 1 aromatic rings. The molecule has 0 saturated heterocycles. The van der Waals surface area contributed by atoms with Crippen molar-refractivity contribution in [2.45, 2.75) is 64.3 Å². The van der Waals surface area contributed by atoms with E-state index in [1.165, 1.54) is 57.1 Å². The molecule has 1 atom stereocenters. The van der Waals surface area contributed by atoms with E-state index in [1.54, 1.807) is 6.07 Å². The number of hydrogen-bond acceptors (Lipinski definition) is 1. The van der Waals surface area contributed by atoms with E-state index in [0.717, 1.165) is 11.5 Å². The molecule has 0 aliphatic heterocycles. The van der Waals surface area contributed by atoms with Gasteiger partial charge in [-0.1, -0.05) is 45.1 Å². The predicted octanol–water partition coefficient (Wildman–Crippen LogP) is 4.83. The number of nitrogens with two attached hydrogens (primary N) is 1. The summed E-state index contributed by atoms with van der Waals surface area (Å²) in [7, 11) is 0. The molecule has 1 fully saturated rings. The number of hydrogen-bond donors (Lipinski definition) is 1. The van der Waals surface area contributed by atoms with Gasteiger partial charge in [-0.3, -0.25) is 0 Å². The van der Waals surface area contributed by atoms with Crippen molar-refractivity contribution in [3.8, 4) is 0 Å². The Kier molecular flexibility index (Phi) is 6.16. The van der Waals surface area contributed by atoms with Crippen molar-refractivity contribution in [1.29, 1.82) is 0 Å². The van der Waals surface area contributed by atoms with Crippen LogP contribution in [0.4, 0.5) is 8.78 Å². The van der Waals surface area contributed by atoms with Gasteiger partial charge >= 0.3 is 0 Å². The smallest absolute Gasteiger partial charge is 0.159 e. The normalized spacial score (nSPS) is 24.0. The summed E-state index contributed by atoms with van der Waals surface area (Å²) in [4.78, 5) is 0. The fourth-order valence-corrected chi connectivity index (χ4v) is 3.50. The van der Waals surface area contributed by atoms with E-state index in [-0.39, 0.29) is 6.04 Å². The van der Waals surface area contributed by atoms with Crippen LogP contribution in [-0.4, -0.2) is 6.04 Å². The highest BCUT2D eigenvalue weighted by atomic mass is 19.2. The molecule has 1 unspecified atom stereocenters. The zero-order chi connectivity index (χ0) is 15.2. The van der Waals surface area contributed by atoms with Gasteiger partial charge in [0.1, 0.15) is 0 Å². The highest BCUT2D eigenvalue weighted by Gasteiger charge is 2.25. The van der Waals surface area contributed by atoms with Crippen molar-refractivity contribution >= 4 is 0 Å². The van der Waals surface area contributed by atoms with E-state index < -0.39 is 11.6 Å². The third-order valence-electron chi connectivity index (χ3n) is 4.92. The molecule has 0 spiro atoms. The Morgan fingerprint density at radius 1 is 1.14 bits per heavy atom. The summed E-state index contributed by atoms with van der Waals surface area (Å²) >= 11 is 0. The molecule has 0 heterocycles. The Hall–Kier alpha value is -0.960. The minimum absolute atomic E-state index is 0.0574. The molecular weight excluding hydrogens is 268 g/mol. The molecule has 1 nitrogen and oxygen atoms in total. The van der Waals surface area contributed by atoms with Crippen molar-refractivity contribution < 1.29 is 8.78 Å². The molecule has 118 valence electrons. The first-order valence-electron chi connectivity index (χ1n) is 8.29. The van der Waals surface area contributed by atoms with Gasteiger partial charge < -0.3 is 5.73 Å². The zero-order valence-corrected chi connectivity index (χ0v) is 13.0. The second kappa shape index (κ2) is 7.88. The van der Waals surface area contributed by atoms with Gasteiger partial charge in [0.05, 0.1) is 0 Å². The van der Waals surface area contributed by atoms with Gasteiger partial charge in [0, 0.05) is 6.04 Å². The summed E-state index contributed by atoms with van der Waals surface area (Å²) in [5.74, 6) is -0.167. The van der Waals surface area contributed by atoms with Gasteiger partial charge in [-0.05, 0) is 48.8 Å². The summed E-state index contributed by atoms with van der Waals surface area (Å²) in [6, 6.07) is 4.17. The fraction of sp³-hybridized carbons (Fsp3) is 0.667. The Bertz CT molecular complexity index is 439. The topological polar surface area (TPSA) is 26.0 Å². The predicted molar refractivity (Wildman–Crippen MR) is 83.0 cm³/mol. The number of rotatable bonds is 6. The van der Waals surface area contributed by atoms with E-state index >= 15 is 0 Å². The van der Waals surface area contributed by atoms with Crippen molar-refractivity contribution in [2.24, 2.45) is 17.6 Å². The number of unbranched alkanes of at least 4 members (excludes halogenated alkanes) is 1. The first-order chi connectivity index (χ1) is 10.1. The molecule has 1 saturated carbocycles. The summed E-state index contributed by atoms with van der Waals surface area (Å²) in [5.41, 5.74) is 7.10. The summed E-state index contributed by atoms with van der Waals surface area (Å²) < 4.78 is 26.2. The average Bonchev–Trinajstić information content (AvgIpc) is 2.49. The molecule has 2 rings (SSSR count). The van der Waals surface area contributed by atoms with Crippen LogP contribution in [0.15, 0.2) is 18.2 Å². The Balaban J connectivity index is 1.81. The Morgan fingerprint density at radius 2 is 1.86 bits per heavy atom. The van der Waals surface area contributed by atoms with Gasteiger partial charge in [-0.2, -0.15) is 0 Å². The highest BCUT2D eigenvalue weighted by molar-refractivity contribution is 5.19. The van der Waals surface area contributed by atoms with Gasteiger partial charge in [0.25, 0.3) is 0 Å². The lowest BCUT2D eigenvalue weighted by Crippen LogP contribution is -2.35. The monoisotopic (exact) mass is 295 g/mol. The Labute approximate surface area is 126 Å². The molecule has 1 aromatic carbocycles. The molecule has 0 aromatic heterocycles. The molecule has 2 N–H and O–H groups in total. The number of halogens is 2. The SMILES string of the molecule is CCCCC1CCC(C(N)Cc2ccc(F)c(F)c2)CC1. The van der Waals surface area contributed by atoms with E-state index in [4.69, 9.17) is 5.73 Å². The van der Waals surface area contributed by atoms with Crippen LogP contribution in [0.25, 0.3) is 0 Å². The van der Waals surface area contributed by atoms with Crippen LogP contribution >= 0.6 is 0 Å². The summed E-state index contributed by atoms with van der Waals surface area (Å²) in [5, 5.41) is 0.